The number of hydrogen-bond donors (Lipinski definition) is 2. The van der Waals surface area contributed by atoms with Crippen molar-refractivity contribution in [3.05, 3.63) is 36.4 Å². The Balaban J connectivity index is 1.34. The van der Waals surface area contributed by atoms with Gasteiger partial charge in [0.15, 0.2) is 23.0 Å². The van der Waals surface area contributed by atoms with E-state index in [0.29, 0.717) is 30.2 Å². The number of benzene rings is 1. The van der Waals surface area contributed by atoms with E-state index in [1.165, 1.54) is 6.33 Å². The number of imidazole rings is 1. The number of fused-ring (bicyclic) bond motifs is 1. The molecule has 3 heterocycles. The van der Waals surface area contributed by atoms with Gasteiger partial charge in [0.1, 0.15) is 11.8 Å². The van der Waals surface area contributed by atoms with Crippen molar-refractivity contribution in [1.82, 2.24) is 25.3 Å². The molecule has 2 aromatic heterocycles. The Morgan fingerprint density at radius 1 is 1.23 bits per heavy atom. The zero-order valence-corrected chi connectivity index (χ0v) is 17.2. The number of aromatic amines is 1. The van der Waals surface area contributed by atoms with Crippen molar-refractivity contribution in [1.29, 1.82) is 0 Å². The molecule has 1 amide bonds. The highest BCUT2D eigenvalue weighted by atomic mass is 16.5. The Morgan fingerprint density at radius 3 is 2.93 bits per heavy atom. The van der Waals surface area contributed by atoms with E-state index in [2.05, 4.69) is 30.2 Å². The number of carbonyl (C=O) groups excluding carboxylic acids is 1. The van der Waals surface area contributed by atoms with Crippen LogP contribution in [-0.4, -0.2) is 59.7 Å². The number of aromatic nitrogens is 4. The zero-order valence-electron chi connectivity index (χ0n) is 17.2. The Morgan fingerprint density at radius 2 is 2.10 bits per heavy atom. The highest BCUT2D eigenvalue weighted by Crippen LogP contribution is 2.28. The maximum Gasteiger partial charge on any atom is 0.224 e. The summed E-state index contributed by atoms with van der Waals surface area (Å²) >= 11 is 0. The van der Waals surface area contributed by atoms with Crippen LogP contribution < -0.4 is 19.7 Å². The molecule has 0 saturated carbocycles. The number of anilines is 1. The number of nitrogens with one attached hydrogen (secondary N) is 2. The van der Waals surface area contributed by atoms with Gasteiger partial charge in [0, 0.05) is 19.6 Å². The number of nitrogens with zero attached hydrogens (tertiary/aromatic N) is 4. The summed E-state index contributed by atoms with van der Waals surface area (Å²) in [6, 6.07) is 5.81. The van der Waals surface area contributed by atoms with E-state index in [1.807, 2.05) is 18.2 Å². The van der Waals surface area contributed by atoms with Crippen molar-refractivity contribution in [3.8, 4) is 11.5 Å². The molecule has 1 aromatic carbocycles. The van der Waals surface area contributed by atoms with Crippen LogP contribution in [0.25, 0.3) is 11.2 Å². The molecule has 0 radical (unpaired) electrons. The molecule has 0 aliphatic carbocycles. The molecular formula is C21H26N6O3. The SMILES string of the molecule is COc1ccc(CCNC(=O)[C@H]2CCCN(c3ncnc4nc[nH]c34)C2)cc1OC. The lowest BCUT2D eigenvalue weighted by molar-refractivity contribution is -0.125. The van der Waals surface area contributed by atoms with Gasteiger partial charge in [-0.05, 0) is 37.0 Å². The standard InChI is InChI=1S/C21H26N6O3/c1-29-16-6-5-14(10-17(16)30-2)7-8-22-21(28)15-4-3-9-27(11-15)20-18-19(24-12-23-18)25-13-26-20/h5-6,10,12-13,15H,3-4,7-9,11H2,1-2H3,(H,22,28)(H,23,24,25,26)/t15-/m0/s1. The maximum atomic E-state index is 12.8. The van der Waals surface area contributed by atoms with Crippen LogP contribution in [0.5, 0.6) is 11.5 Å². The van der Waals surface area contributed by atoms with Crippen molar-refractivity contribution in [2.24, 2.45) is 5.92 Å². The van der Waals surface area contributed by atoms with Crippen LogP contribution in [0.3, 0.4) is 0 Å². The number of amides is 1. The first-order valence-electron chi connectivity index (χ1n) is 10.1. The van der Waals surface area contributed by atoms with E-state index in [0.717, 1.165) is 42.7 Å². The molecule has 1 aliphatic heterocycles. The second kappa shape index (κ2) is 8.98. The normalized spacial score (nSPS) is 16.5. The average Bonchev–Trinajstić information content (AvgIpc) is 3.28. The Labute approximate surface area is 174 Å². The van der Waals surface area contributed by atoms with Crippen LogP contribution in [0.4, 0.5) is 5.82 Å². The number of H-pyrrole nitrogens is 1. The molecule has 3 aromatic rings. The Bertz CT molecular complexity index is 1020. The third-order valence-electron chi connectivity index (χ3n) is 5.46. The van der Waals surface area contributed by atoms with Crippen molar-refractivity contribution in [2.45, 2.75) is 19.3 Å². The minimum Gasteiger partial charge on any atom is -0.493 e. The largest absolute Gasteiger partial charge is 0.493 e. The highest BCUT2D eigenvalue weighted by Gasteiger charge is 2.27. The van der Waals surface area contributed by atoms with Gasteiger partial charge in [-0.15, -0.1) is 0 Å². The smallest absolute Gasteiger partial charge is 0.224 e. The number of hydrogen-bond acceptors (Lipinski definition) is 7. The molecular weight excluding hydrogens is 384 g/mol. The van der Waals surface area contributed by atoms with Crippen LogP contribution in [0.2, 0.25) is 0 Å². The summed E-state index contributed by atoms with van der Waals surface area (Å²) in [7, 11) is 3.23. The van der Waals surface area contributed by atoms with Gasteiger partial charge in [0.2, 0.25) is 5.91 Å². The van der Waals surface area contributed by atoms with E-state index in [9.17, 15) is 4.79 Å². The number of piperidine rings is 1. The van der Waals surface area contributed by atoms with Crippen molar-refractivity contribution >= 4 is 22.9 Å². The quantitative estimate of drug-likeness (QED) is 0.613. The fourth-order valence-corrected chi connectivity index (χ4v) is 3.89. The highest BCUT2D eigenvalue weighted by molar-refractivity contribution is 5.84. The number of rotatable bonds is 7. The minimum atomic E-state index is -0.0721. The van der Waals surface area contributed by atoms with Gasteiger partial charge in [0.05, 0.1) is 26.5 Å². The molecule has 158 valence electrons. The third kappa shape index (κ3) is 4.14. The Kier molecular flexibility index (Phi) is 5.97. The molecule has 9 nitrogen and oxygen atoms in total. The van der Waals surface area contributed by atoms with Crippen LogP contribution in [-0.2, 0) is 11.2 Å². The summed E-state index contributed by atoms with van der Waals surface area (Å²) in [5.74, 6) is 2.20. The zero-order chi connectivity index (χ0) is 20.9. The molecule has 30 heavy (non-hydrogen) atoms. The van der Waals surface area contributed by atoms with Gasteiger partial charge < -0.3 is 24.7 Å². The molecule has 2 N–H and O–H groups in total. The molecule has 0 bridgehead atoms. The second-order valence-corrected chi connectivity index (χ2v) is 7.31. The number of methoxy groups -OCH3 is 2. The average molecular weight is 410 g/mol. The van der Waals surface area contributed by atoms with E-state index in [1.54, 1.807) is 20.5 Å². The molecule has 4 rings (SSSR count). The van der Waals surface area contributed by atoms with Crippen LogP contribution in [0.1, 0.15) is 18.4 Å². The fraction of sp³-hybridized carbons (Fsp3) is 0.429. The van der Waals surface area contributed by atoms with E-state index >= 15 is 0 Å². The first kappa shape index (κ1) is 19.9. The Hall–Kier alpha value is -3.36. The first-order valence-corrected chi connectivity index (χ1v) is 10.1. The molecule has 1 saturated heterocycles. The van der Waals surface area contributed by atoms with E-state index < -0.39 is 0 Å². The molecule has 0 unspecified atom stereocenters. The summed E-state index contributed by atoms with van der Waals surface area (Å²) in [5.41, 5.74) is 2.54. The van der Waals surface area contributed by atoms with Crippen LogP contribution in [0, 0.1) is 5.92 Å². The van der Waals surface area contributed by atoms with E-state index in [-0.39, 0.29) is 11.8 Å². The topological polar surface area (TPSA) is 105 Å². The molecule has 1 aliphatic rings. The lowest BCUT2D eigenvalue weighted by Gasteiger charge is -2.32. The lowest BCUT2D eigenvalue weighted by Crippen LogP contribution is -2.43. The maximum absolute atomic E-state index is 12.8. The van der Waals surface area contributed by atoms with Gasteiger partial charge in [-0.2, -0.15) is 0 Å². The predicted octanol–water partition coefficient (Wildman–Crippen LogP) is 1.95. The third-order valence-corrected chi connectivity index (χ3v) is 5.46. The van der Waals surface area contributed by atoms with Crippen molar-refractivity contribution < 1.29 is 14.3 Å². The predicted molar refractivity (Wildman–Crippen MR) is 113 cm³/mol. The summed E-state index contributed by atoms with van der Waals surface area (Å²) < 4.78 is 10.6. The van der Waals surface area contributed by atoms with E-state index in [4.69, 9.17) is 9.47 Å². The van der Waals surface area contributed by atoms with Gasteiger partial charge >= 0.3 is 0 Å². The summed E-state index contributed by atoms with van der Waals surface area (Å²) in [4.78, 5) is 30.8. The van der Waals surface area contributed by atoms with Gasteiger partial charge in [-0.1, -0.05) is 6.07 Å². The molecule has 1 fully saturated rings. The number of carbonyl (C=O) groups is 1. The molecule has 1 atom stereocenters. The molecule has 0 spiro atoms. The first-order chi connectivity index (χ1) is 14.7. The number of ether oxygens (including phenoxy) is 2. The summed E-state index contributed by atoms with van der Waals surface area (Å²) in [6.45, 7) is 2.07. The van der Waals surface area contributed by atoms with Gasteiger partial charge in [-0.25, -0.2) is 15.0 Å². The van der Waals surface area contributed by atoms with Crippen molar-refractivity contribution in [2.75, 3.05) is 38.8 Å². The summed E-state index contributed by atoms with van der Waals surface area (Å²) in [6.07, 6.45) is 5.67. The van der Waals surface area contributed by atoms with Crippen LogP contribution >= 0.6 is 0 Å². The second-order valence-electron chi connectivity index (χ2n) is 7.31. The minimum absolute atomic E-state index is 0.0721. The van der Waals surface area contributed by atoms with Gasteiger partial charge in [-0.3, -0.25) is 4.79 Å². The fourth-order valence-electron chi connectivity index (χ4n) is 3.89. The van der Waals surface area contributed by atoms with Gasteiger partial charge in [0.25, 0.3) is 0 Å². The van der Waals surface area contributed by atoms with Crippen molar-refractivity contribution in [3.63, 3.8) is 0 Å². The monoisotopic (exact) mass is 410 g/mol. The molecule has 9 heteroatoms. The lowest BCUT2D eigenvalue weighted by atomic mass is 9.97. The summed E-state index contributed by atoms with van der Waals surface area (Å²) in [5, 5.41) is 3.08. The van der Waals surface area contributed by atoms with Crippen LogP contribution in [0.15, 0.2) is 30.9 Å².